The quantitative estimate of drug-likeness (QED) is 0.701. The predicted molar refractivity (Wildman–Crippen MR) is 53.9 cm³/mol. The number of allylic oxidation sites excluding steroid dienone is 1. The van der Waals surface area contributed by atoms with Gasteiger partial charge in [0.05, 0.1) is 13.2 Å². The first-order valence-corrected chi connectivity index (χ1v) is 4.85. The molecule has 1 radical (unpaired) electrons. The van der Waals surface area contributed by atoms with Crippen molar-refractivity contribution < 1.29 is 14.6 Å². The number of carbonyl (C=O) groups is 1. The monoisotopic (exact) mass is 197 g/mol. The van der Waals surface area contributed by atoms with Gasteiger partial charge in [-0.25, -0.2) is 4.79 Å². The summed E-state index contributed by atoms with van der Waals surface area (Å²) in [4.78, 5) is 10.6. The number of ether oxygens (including phenoxy) is 1. The number of rotatable bonds is 4. The van der Waals surface area contributed by atoms with Crippen molar-refractivity contribution in [1.82, 2.24) is 0 Å². The molecule has 1 aliphatic heterocycles. The van der Waals surface area contributed by atoms with Gasteiger partial charge in [0, 0.05) is 16.9 Å². The van der Waals surface area contributed by atoms with Crippen LogP contribution in [0.3, 0.4) is 0 Å². The Kier molecular flexibility index (Phi) is 3.32. The average Bonchev–Trinajstić information content (AvgIpc) is 2.02. The fraction of sp³-hybridized carbons (Fsp3) is 0.636. The lowest BCUT2D eigenvalue weighted by Gasteiger charge is -2.44. The van der Waals surface area contributed by atoms with Crippen LogP contribution in [0.15, 0.2) is 11.6 Å². The van der Waals surface area contributed by atoms with Gasteiger partial charge < -0.3 is 9.84 Å². The van der Waals surface area contributed by atoms with Crippen molar-refractivity contribution in [1.29, 1.82) is 0 Å². The molecule has 0 unspecified atom stereocenters. The van der Waals surface area contributed by atoms with Crippen LogP contribution in [-0.4, -0.2) is 24.3 Å². The molecule has 0 aromatic rings. The number of hydrogen-bond acceptors (Lipinski definition) is 2. The summed E-state index contributed by atoms with van der Waals surface area (Å²) in [6.45, 7) is 7.15. The Bertz CT molecular complexity index is 246. The van der Waals surface area contributed by atoms with Gasteiger partial charge in [-0.2, -0.15) is 0 Å². The first kappa shape index (κ1) is 11.2. The van der Waals surface area contributed by atoms with E-state index in [1.54, 1.807) is 13.0 Å². The Morgan fingerprint density at radius 2 is 2.07 bits per heavy atom. The summed E-state index contributed by atoms with van der Waals surface area (Å²) in [5.74, 6) is 0.266. The molecular formula is C11H17O3. The summed E-state index contributed by atoms with van der Waals surface area (Å²) in [5, 5.41) is 8.75. The zero-order valence-corrected chi connectivity index (χ0v) is 8.96. The van der Waals surface area contributed by atoms with Gasteiger partial charge in [-0.15, -0.1) is 0 Å². The van der Waals surface area contributed by atoms with Gasteiger partial charge in [0.15, 0.2) is 0 Å². The summed E-state index contributed by atoms with van der Waals surface area (Å²) < 4.78 is 5.19. The molecule has 14 heavy (non-hydrogen) atoms. The van der Waals surface area contributed by atoms with Crippen molar-refractivity contribution in [2.24, 2.45) is 5.41 Å². The van der Waals surface area contributed by atoms with E-state index in [4.69, 9.17) is 9.84 Å². The molecule has 1 fully saturated rings. The Labute approximate surface area is 84.8 Å². The molecule has 0 aromatic heterocycles. The zero-order chi connectivity index (χ0) is 10.8. The van der Waals surface area contributed by atoms with Crippen molar-refractivity contribution in [2.75, 3.05) is 13.2 Å². The Morgan fingerprint density at radius 3 is 2.36 bits per heavy atom. The highest BCUT2D eigenvalue weighted by molar-refractivity contribution is 5.86. The van der Waals surface area contributed by atoms with Crippen LogP contribution in [-0.2, 0) is 9.53 Å². The second-order valence-corrected chi connectivity index (χ2v) is 3.94. The highest BCUT2D eigenvalue weighted by atomic mass is 16.5. The second-order valence-electron chi connectivity index (χ2n) is 3.94. The molecule has 79 valence electrons. The second kappa shape index (κ2) is 4.13. The molecule has 3 nitrogen and oxygen atoms in total. The Balaban J connectivity index is 2.69. The summed E-state index contributed by atoms with van der Waals surface area (Å²) >= 11 is 0. The number of carboxylic acids is 1. The topological polar surface area (TPSA) is 46.5 Å². The van der Waals surface area contributed by atoms with Gasteiger partial charge in [0.1, 0.15) is 0 Å². The first-order chi connectivity index (χ1) is 6.52. The van der Waals surface area contributed by atoms with Crippen LogP contribution in [0.4, 0.5) is 0 Å². The molecule has 0 spiro atoms. The minimum Gasteiger partial charge on any atom is -0.478 e. The maximum Gasteiger partial charge on any atom is 0.330 e. The zero-order valence-electron chi connectivity index (χ0n) is 8.96. The maximum absolute atomic E-state index is 10.6. The van der Waals surface area contributed by atoms with E-state index in [1.165, 1.54) is 0 Å². The van der Waals surface area contributed by atoms with Gasteiger partial charge >= 0.3 is 5.97 Å². The van der Waals surface area contributed by atoms with Gasteiger partial charge in [-0.1, -0.05) is 19.9 Å². The van der Waals surface area contributed by atoms with E-state index in [1.807, 2.05) is 6.92 Å². The lowest BCUT2D eigenvalue weighted by molar-refractivity contribution is -0.132. The van der Waals surface area contributed by atoms with Crippen LogP contribution >= 0.6 is 0 Å². The van der Waals surface area contributed by atoms with Crippen molar-refractivity contribution >= 4 is 5.97 Å². The molecule has 0 aromatic carbocycles. The number of carboxylic acid groups (broad SMARTS) is 1. The van der Waals surface area contributed by atoms with Gasteiger partial charge in [-0.3, -0.25) is 0 Å². The van der Waals surface area contributed by atoms with Crippen LogP contribution < -0.4 is 0 Å². The van der Waals surface area contributed by atoms with Crippen molar-refractivity contribution in [3.05, 3.63) is 17.6 Å². The van der Waals surface area contributed by atoms with E-state index >= 15 is 0 Å². The normalized spacial score (nSPS) is 20.7. The molecule has 1 aliphatic rings. The van der Waals surface area contributed by atoms with Crippen molar-refractivity contribution in [3.8, 4) is 0 Å². The average molecular weight is 197 g/mol. The van der Waals surface area contributed by atoms with Crippen LogP contribution in [0.5, 0.6) is 0 Å². The SMILES string of the molecule is CCC1([C](C)C=C(C)C(=O)O)COC1. The predicted octanol–water partition coefficient (Wildman–Crippen LogP) is 2.04. The molecule has 0 amide bonds. The van der Waals surface area contributed by atoms with E-state index < -0.39 is 5.97 Å². The summed E-state index contributed by atoms with van der Waals surface area (Å²) in [7, 11) is 0. The molecule has 3 heteroatoms. The van der Waals surface area contributed by atoms with Crippen molar-refractivity contribution in [2.45, 2.75) is 27.2 Å². The molecule has 1 heterocycles. The third-order valence-corrected chi connectivity index (χ3v) is 3.04. The van der Waals surface area contributed by atoms with E-state index in [9.17, 15) is 4.79 Å². The molecular weight excluding hydrogens is 180 g/mol. The molecule has 0 saturated carbocycles. The van der Waals surface area contributed by atoms with Gasteiger partial charge in [0.25, 0.3) is 0 Å². The van der Waals surface area contributed by atoms with Crippen LogP contribution in [0.1, 0.15) is 27.2 Å². The minimum atomic E-state index is -0.851. The summed E-state index contributed by atoms with van der Waals surface area (Å²) in [6, 6.07) is 0. The molecule has 0 aliphatic carbocycles. The highest BCUT2D eigenvalue weighted by Gasteiger charge is 2.41. The maximum atomic E-state index is 10.6. The van der Waals surface area contributed by atoms with Gasteiger partial charge in [0.2, 0.25) is 0 Å². The highest BCUT2D eigenvalue weighted by Crippen LogP contribution is 2.41. The largest absolute Gasteiger partial charge is 0.478 e. The van der Waals surface area contributed by atoms with E-state index in [2.05, 4.69) is 6.92 Å². The Morgan fingerprint density at radius 1 is 1.50 bits per heavy atom. The van der Waals surface area contributed by atoms with E-state index in [0.29, 0.717) is 5.57 Å². The molecule has 1 saturated heterocycles. The molecule has 0 atom stereocenters. The molecule has 0 bridgehead atoms. The molecule has 1 rings (SSSR count). The number of aliphatic carboxylic acids is 1. The van der Waals surface area contributed by atoms with Gasteiger partial charge in [-0.05, 0) is 13.3 Å². The van der Waals surface area contributed by atoms with E-state index in [-0.39, 0.29) is 5.41 Å². The third-order valence-electron chi connectivity index (χ3n) is 3.04. The fourth-order valence-corrected chi connectivity index (χ4v) is 1.60. The molecule has 1 N–H and O–H groups in total. The standard InChI is InChI=1S/C11H17O3/c1-4-11(6-14-7-11)9(3)5-8(2)10(12)13/h5H,4,6-7H2,1-3H3,(H,12,13). The number of hydrogen-bond donors (Lipinski definition) is 1. The van der Waals surface area contributed by atoms with Crippen LogP contribution in [0.2, 0.25) is 0 Å². The van der Waals surface area contributed by atoms with Crippen LogP contribution in [0.25, 0.3) is 0 Å². The van der Waals surface area contributed by atoms with Crippen molar-refractivity contribution in [3.63, 3.8) is 0 Å². The van der Waals surface area contributed by atoms with Crippen LogP contribution in [0, 0.1) is 11.3 Å². The Hall–Kier alpha value is -0.830. The first-order valence-electron chi connectivity index (χ1n) is 4.85. The smallest absolute Gasteiger partial charge is 0.330 e. The van der Waals surface area contributed by atoms with E-state index in [0.717, 1.165) is 25.6 Å². The lowest BCUT2D eigenvalue weighted by atomic mass is 9.72. The summed E-state index contributed by atoms with van der Waals surface area (Å²) in [6.07, 6.45) is 2.76. The fourth-order valence-electron chi connectivity index (χ4n) is 1.60. The third kappa shape index (κ3) is 1.98. The lowest BCUT2D eigenvalue weighted by Crippen LogP contribution is -2.45. The minimum absolute atomic E-state index is 0.0940. The summed E-state index contributed by atoms with van der Waals surface area (Å²) in [5.41, 5.74) is 0.485.